The van der Waals surface area contributed by atoms with Crippen molar-refractivity contribution in [1.29, 1.82) is 0 Å². The lowest BCUT2D eigenvalue weighted by Gasteiger charge is -2.12. The Hall–Kier alpha value is -0.800. The van der Waals surface area contributed by atoms with Crippen LogP contribution in [0.5, 0.6) is 5.75 Å². The van der Waals surface area contributed by atoms with Gasteiger partial charge in [-0.05, 0) is 30.5 Å². The van der Waals surface area contributed by atoms with E-state index in [1.54, 1.807) is 7.11 Å². The summed E-state index contributed by atoms with van der Waals surface area (Å²) in [6.45, 7) is 1.57. The van der Waals surface area contributed by atoms with Crippen LogP contribution >= 0.6 is 12.4 Å². The Morgan fingerprint density at radius 3 is 2.67 bits per heavy atom. The summed E-state index contributed by atoms with van der Waals surface area (Å²) in [6, 6.07) is 5.48. The van der Waals surface area contributed by atoms with E-state index in [-0.39, 0.29) is 18.4 Å². The molecule has 0 aliphatic carbocycles. The Morgan fingerprint density at radius 1 is 1.47 bits per heavy atom. The first-order valence-electron chi connectivity index (χ1n) is 4.65. The van der Waals surface area contributed by atoms with Crippen LogP contribution in [-0.4, -0.2) is 13.8 Å². The van der Waals surface area contributed by atoms with E-state index in [9.17, 15) is 4.39 Å². The molecular weight excluding hydrogens is 217 g/mol. The molecule has 86 valence electrons. The monoisotopic (exact) mass is 233 g/mol. The van der Waals surface area contributed by atoms with E-state index in [1.807, 2.05) is 25.1 Å². The molecule has 2 nitrogen and oxygen atoms in total. The molecule has 0 unspecified atom stereocenters. The van der Waals surface area contributed by atoms with E-state index < -0.39 is 6.67 Å². The Morgan fingerprint density at radius 2 is 2.13 bits per heavy atom. The summed E-state index contributed by atoms with van der Waals surface area (Å²) in [7, 11) is 1.62. The van der Waals surface area contributed by atoms with Crippen LogP contribution in [0.3, 0.4) is 0 Å². The van der Waals surface area contributed by atoms with E-state index in [1.165, 1.54) is 0 Å². The molecule has 1 rings (SSSR count). The summed E-state index contributed by atoms with van der Waals surface area (Å²) in [5.74, 6) is 0.803. The van der Waals surface area contributed by atoms with Crippen LogP contribution in [0.15, 0.2) is 18.2 Å². The van der Waals surface area contributed by atoms with Gasteiger partial charge in [0.05, 0.1) is 13.8 Å². The zero-order chi connectivity index (χ0) is 10.6. The second-order valence-electron chi connectivity index (χ2n) is 3.31. The zero-order valence-electron chi connectivity index (χ0n) is 9.00. The van der Waals surface area contributed by atoms with Crippen molar-refractivity contribution in [3.63, 3.8) is 0 Å². The fourth-order valence-corrected chi connectivity index (χ4v) is 1.35. The van der Waals surface area contributed by atoms with Gasteiger partial charge in [0.1, 0.15) is 5.75 Å². The van der Waals surface area contributed by atoms with Gasteiger partial charge in [-0.25, -0.2) is 0 Å². The van der Waals surface area contributed by atoms with Gasteiger partial charge in [-0.3, -0.25) is 4.39 Å². The van der Waals surface area contributed by atoms with Gasteiger partial charge in [0.25, 0.3) is 0 Å². The van der Waals surface area contributed by atoms with Crippen molar-refractivity contribution in [1.82, 2.24) is 0 Å². The number of hydrogen-bond acceptors (Lipinski definition) is 2. The third-order valence-corrected chi connectivity index (χ3v) is 2.28. The largest absolute Gasteiger partial charge is 0.496 e. The van der Waals surface area contributed by atoms with Crippen molar-refractivity contribution in [2.45, 2.75) is 19.4 Å². The molecule has 0 aliphatic rings. The van der Waals surface area contributed by atoms with Crippen molar-refractivity contribution < 1.29 is 9.13 Å². The van der Waals surface area contributed by atoms with Crippen LogP contribution in [-0.2, 0) is 0 Å². The lowest BCUT2D eigenvalue weighted by molar-refractivity contribution is 0.408. The number of methoxy groups -OCH3 is 1. The van der Waals surface area contributed by atoms with Crippen molar-refractivity contribution in [3.8, 4) is 5.75 Å². The second-order valence-corrected chi connectivity index (χ2v) is 3.31. The minimum atomic E-state index is -0.392. The summed E-state index contributed by atoms with van der Waals surface area (Å²) in [6.07, 6.45) is 0.353. The highest BCUT2D eigenvalue weighted by atomic mass is 35.5. The van der Waals surface area contributed by atoms with E-state index >= 15 is 0 Å². The molecule has 0 spiro atoms. The van der Waals surface area contributed by atoms with Crippen LogP contribution in [0.4, 0.5) is 4.39 Å². The third kappa shape index (κ3) is 3.68. The average molecular weight is 234 g/mol. The van der Waals surface area contributed by atoms with Gasteiger partial charge in [-0.2, -0.15) is 0 Å². The summed E-state index contributed by atoms with van der Waals surface area (Å²) in [4.78, 5) is 0. The molecule has 1 aromatic rings. The van der Waals surface area contributed by atoms with Gasteiger partial charge in [0.2, 0.25) is 0 Å². The number of benzene rings is 1. The summed E-state index contributed by atoms with van der Waals surface area (Å²) in [5.41, 5.74) is 7.76. The van der Waals surface area contributed by atoms with Crippen molar-refractivity contribution in [2.24, 2.45) is 5.73 Å². The van der Waals surface area contributed by atoms with Gasteiger partial charge in [-0.15, -0.1) is 12.4 Å². The summed E-state index contributed by atoms with van der Waals surface area (Å²) < 4.78 is 17.2. The molecule has 0 bridgehead atoms. The molecule has 0 fully saturated rings. The number of rotatable bonds is 4. The van der Waals surface area contributed by atoms with Crippen LogP contribution in [0.25, 0.3) is 0 Å². The summed E-state index contributed by atoms with van der Waals surface area (Å²) in [5, 5.41) is 0. The fraction of sp³-hybridized carbons (Fsp3) is 0.455. The standard InChI is InChI=1S/C11H16FNO.ClH/c1-8-3-4-9(7-11(8)14-2)10(13)5-6-12;/h3-4,7,10H,5-6,13H2,1-2H3;1H/t10-;/m0./s1. The number of alkyl halides is 1. The van der Waals surface area contributed by atoms with E-state index in [4.69, 9.17) is 10.5 Å². The highest BCUT2D eigenvalue weighted by Gasteiger charge is 2.07. The van der Waals surface area contributed by atoms with E-state index in [2.05, 4.69) is 0 Å². The van der Waals surface area contributed by atoms with Gasteiger partial charge in [-0.1, -0.05) is 12.1 Å². The normalized spacial score (nSPS) is 11.7. The zero-order valence-corrected chi connectivity index (χ0v) is 9.81. The van der Waals surface area contributed by atoms with Crippen LogP contribution in [0, 0.1) is 6.92 Å². The molecule has 15 heavy (non-hydrogen) atoms. The quantitative estimate of drug-likeness (QED) is 0.868. The average Bonchev–Trinajstić information content (AvgIpc) is 2.19. The number of hydrogen-bond donors (Lipinski definition) is 1. The molecule has 0 amide bonds. The van der Waals surface area contributed by atoms with Gasteiger partial charge in [0, 0.05) is 6.04 Å². The van der Waals surface area contributed by atoms with Crippen LogP contribution in [0.1, 0.15) is 23.6 Å². The smallest absolute Gasteiger partial charge is 0.122 e. The Labute approximate surface area is 96.0 Å². The molecule has 1 atom stereocenters. The minimum absolute atomic E-state index is 0. The molecule has 0 aliphatic heterocycles. The van der Waals surface area contributed by atoms with Crippen molar-refractivity contribution in [2.75, 3.05) is 13.8 Å². The van der Waals surface area contributed by atoms with Gasteiger partial charge >= 0.3 is 0 Å². The van der Waals surface area contributed by atoms with Gasteiger partial charge < -0.3 is 10.5 Å². The first-order valence-corrected chi connectivity index (χ1v) is 4.65. The molecule has 0 saturated carbocycles. The highest BCUT2D eigenvalue weighted by molar-refractivity contribution is 5.85. The lowest BCUT2D eigenvalue weighted by atomic mass is 10.0. The second kappa shape index (κ2) is 6.64. The number of halogens is 2. The Balaban J connectivity index is 0.00000196. The Kier molecular flexibility index (Phi) is 6.29. The van der Waals surface area contributed by atoms with Crippen molar-refractivity contribution in [3.05, 3.63) is 29.3 Å². The maximum atomic E-state index is 12.1. The van der Waals surface area contributed by atoms with Crippen LogP contribution < -0.4 is 10.5 Å². The number of ether oxygens (including phenoxy) is 1. The molecule has 2 N–H and O–H groups in total. The Bertz CT molecular complexity index is 307. The van der Waals surface area contributed by atoms with E-state index in [0.29, 0.717) is 6.42 Å². The molecule has 0 radical (unpaired) electrons. The lowest BCUT2D eigenvalue weighted by Crippen LogP contribution is -2.11. The topological polar surface area (TPSA) is 35.2 Å². The first kappa shape index (κ1) is 14.2. The maximum absolute atomic E-state index is 12.1. The first-order chi connectivity index (χ1) is 6.69. The maximum Gasteiger partial charge on any atom is 0.122 e. The van der Waals surface area contributed by atoms with Crippen molar-refractivity contribution >= 4 is 12.4 Å². The number of nitrogens with two attached hydrogens (primary N) is 1. The highest BCUT2D eigenvalue weighted by Crippen LogP contribution is 2.23. The molecule has 4 heteroatoms. The SMILES string of the molecule is COc1cc([C@@H](N)CCF)ccc1C.Cl. The predicted molar refractivity (Wildman–Crippen MR) is 62.5 cm³/mol. The van der Waals surface area contributed by atoms with Crippen LogP contribution in [0.2, 0.25) is 0 Å². The molecule has 0 heterocycles. The number of aryl methyl sites for hydroxylation is 1. The molecular formula is C11H17ClFNO. The molecule has 1 aromatic carbocycles. The summed E-state index contributed by atoms with van der Waals surface area (Å²) >= 11 is 0. The minimum Gasteiger partial charge on any atom is -0.496 e. The third-order valence-electron chi connectivity index (χ3n) is 2.28. The van der Waals surface area contributed by atoms with Gasteiger partial charge in [0.15, 0.2) is 0 Å². The molecule has 0 saturated heterocycles. The van der Waals surface area contributed by atoms with E-state index in [0.717, 1.165) is 16.9 Å². The predicted octanol–water partition coefficient (Wildman–Crippen LogP) is 2.78. The fourth-order valence-electron chi connectivity index (χ4n) is 1.35. The molecule has 0 aromatic heterocycles.